The molecule has 0 saturated carbocycles. The Morgan fingerprint density at radius 2 is 1.24 bits per heavy atom. The smallest absolute Gasteiger partial charge is 0.369 e. The minimum absolute atomic E-state index is 0.0234. The van der Waals surface area contributed by atoms with Gasteiger partial charge in [-0.15, -0.1) is 0 Å². The predicted octanol–water partition coefficient (Wildman–Crippen LogP) is 6.27. The van der Waals surface area contributed by atoms with Gasteiger partial charge in [-0.3, -0.25) is 0 Å². The van der Waals surface area contributed by atoms with Crippen molar-refractivity contribution in [3.8, 4) is 11.3 Å². The van der Waals surface area contributed by atoms with Gasteiger partial charge >= 0.3 is 18.5 Å². The zero-order chi connectivity index (χ0) is 28.3. The first-order valence-electron chi connectivity index (χ1n) is 10.3. The number of para-hydroxylation sites is 1. The molecule has 0 saturated heterocycles. The number of hydrogen-bond donors (Lipinski definition) is 1. The monoisotopic (exact) mass is 568 g/mol. The van der Waals surface area contributed by atoms with Crippen LogP contribution < -0.4 is 0 Å². The Morgan fingerprint density at radius 1 is 0.711 bits per heavy atom. The molecular formula is C23H13F9N2O3S. The molecule has 0 aliphatic heterocycles. The largest absolute Gasteiger partial charge is 0.430 e. The molecule has 0 amide bonds. The van der Waals surface area contributed by atoms with E-state index in [0.29, 0.717) is 22.3 Å². The van der Waals surface area contributed by atoms with E-state index < -0.39 is 50.2 Å². The van der Waals surface area contributed by atoms with E-state index in [1.165, 1.54) is 24.3 Å². The molecule has 1 heterocycles. The normalized spacial score (nSPS) is 13.7. The molecule has 0 fully saturated rings. The number of hydrogen-bond acceptors (Lipinski definition) is 4. The lowest BCUT2D eigenvalue weighted by Crippen LogP contribution is -2.53. The van der Waals surface area contributed by atoms with Crippen LogP contribution in [0.3, 0.4) is 0 Å². The van der Waals surface area contributed by atoms with E-state index in [1.54, 1.807) is 0 Å². The standard InChI is InChI=1S/C23H13F9N2O3S/c24-21(25,26)16-6-2-4-8-18(16)38(36,37)34-17-7-3-1-5-15(17)19(33-34)13-9-11-14(12-10-13)20(35,22(27,28)29)23(30,31)32/h1-12,35H. The summed E-state index contributed by atoms with van der Waals surface area (Å²) < 4.78 is 147. The number of alkyl halides is 9. The SMILES string of the molecule is O=S(=O)(c1ccccc1C(F)(F)F)n1nc(-c2ccc(C(O)(C(F)(F)F)C(F)(F)F)cc2)c2ccccc21. The van der Waals surface area contributed by atoms with Gasteiger partial charge in [-0.2, -0.15) is 57.1 Å². The Morgan fingerprint density at radius 3 is 1.79 bits per heavy atom. The van der Waals surface area contributed by atoms with Crippen LogP contribution in [0.1, 0.15) is 11.1 Å². The molecular weight excluding hydrogens is 555 g/mol. The molecule has 202 valence electrons. The van der Waals surface area contributed by atoms with Crippen LogP contribution in [0.4, 0.5) is 39.5 Å². The van der Waals surface area contributed by atoms with Gasteiger partial charge in [-0.05, 0) is 18.2 Å². The lowest BCUT2D eigenvalue weighted by atomic mass is 9.91. The van der Waals surface area contributed by atoms with Crippen molar-refractivity contribution in [2.45, 2.75) is 29.0 Å². The van der Waals surface area contributed by atoms with Gasteiger partial charge in [-0.1, -0.05) is 54.6 Å². The van der Waals surface area contributed by atoms with Crippen LogP contribution in [0.5, 0.6) is 0 Å². The third-order valence-electron chi connectivity index (χ3n) is 5.65. The number of aliphatic hydroxyl groups is 1. The minimum Gasteiger partial charge on any atom is -0.369 e. The van der Waals surface area contributed by atoms with Gasteiger partial charge in [0.25, 0.3) is 15.6 Å². The highest BCUT2D eigenvalue weighted by molar-refractivity contribution is 7.90. The molecule has 15 heteroatoms. The summed E-state index contributed by atoms with van der Waals surface area (Å²) in [4.78, 5) is -1.12. The maximum absolute atomic E-state index is 13.5. The molecule has 0 radical (unpaired) electrons. The number of rotatable bonds is 4. The molecule has 4 rings (SSSR count). The van der Waals surface area contributed by atoms with Crippen LogP contribution >= 0.6 is 0 Å². The Kier molecular flexibility index (Phi) is 6.30. The van der Waals surface area contributed by atoms with Crippen LogP contribution in [-0.2, 0) is 21.8 Å². The third kappa shape index (κ3) is 4.28. The first-order chi connectivity index (χ1) is 17.4. The second-order valence-corrected chi connectivity index (χ2v) is 9.73. The quantitative estimate of drug-likeness (QED) is 0.295. The molecule has 0 spiro atoms. The van der Waals surface area contributed by atoms with E-state index in [-0.39, 0.29) is 22.2 Å². The molecule has 3 aromatic carbocycles. The fourth-order valence-corrected chi connectivity index (χ4v) is 5.32. The van der Waals surface area contributed by atoms with Gasteiger partial charge in [-0.25, -0.2) is 0 Å². The van der Waals surface area contributed by atoms with Crippen molar-refractivity contribution >= 4 is 20.9 Å². The van der Waals surface area contributed by atoms with Crippen LogP contribution in [0.2, 0.25) is 0 Å². The van der Waals surface area contributed by atoms with E-state index in [0.717, 1.165) is 30.3 Å². The topological polar surface area (TPSA) is 72.2 Å². The summed E-state index contributed by atoms with van der Waals surface area (Å²) in [5.41, 5.74) is -8.85. The number of halogens is 9. The number of nitrogens with zero attached hydrogens (tertiary/aromatic N) is 2. The number of aromatic nitrogens is 2. The van der Waals surface area contributed by atoms with E-state index in [2.05, 4.69) is 5.10 Å². The third-order valence-corrected chi connectivity index (χ3v) is 7.30. The maximum atomic E-state index is 13.5. The molecule has 38 heavy (non-hydrogen) atoms. The summed E-state index contributed by atoms with van der Waals surface area (Å²) in [6.07, 6.45) is -17.3. The van der Waals surface area contributed by atoms with E-state index in [1.807, 2.05) is 0 Å². The molecule has 0 bridgehead atoms. The molecule has 4 aromatic rings. The Hall–Kier alpha value is -3.59. The van der Waals surface area contributed by atoms with E-state index in [4.69, 9.17) is 0 Å². The second-order valence-electron chi connectivity index (χ2n) is 7.99. The summed E-state index contributed by atoms with van der Waals surface area (Å²) in [5, 5.41) is 13.5. The van der Waals surface area contributed by atoms with Gasteiger partial charge in [0, 0.05) is 16.5 Å². The number of fused-ring (bicyclic) bond motifs is 1. The summed E-state index contributed by atoms with van der Waals surface area (Å²) in [6, 6.07) is 10.8. The lowest BCUT2D eigenvalue weighted by Gasteiger charge is -2.32. The van der Waals surface area contributed by atoms with Crippen LogP contribution in [-0.4, -0.2) is 35.1 Å². The minimum atomic E-state index is -6.12. The molecule has 0 aliphatic carbocycles. The summed E-state index contributed by atoms with van der Waals surface area (Å²) in [5.74, 6) is 0. The van der Waals surface area contributed by atoms with Gasteiger partial charge in [0.05, 0.1) is 11.1 Å². The Bertz CT molecular complexity index is 1590. The van der Waals surface area contributed by atoms with Gasteiger partial charge in [0.2, 0.25) is 0 Å². The van der Waals surface area contributed by atoms with Crippen LogP contribution in [0.15, 0.2) is 77.7 Å². The summed E-state index contributed by atoms with van der Waals surface area (Å²) in [6.45, 7) is 0. The van der Waals surface area contributed by atoms with E-state index >= 15 is 0 Å². The molecule has 5 nitrogen and oxygen atoms in total. The van der Waals surface area contributed by atoms with Gasteiger partial charge in [0.15, 0.2) is 0 Å². The van der Waals surface area contributed by atoms with Crippen molar-refractivity contribution in [1.82, 2.24) is 9.19 Å². The van der Waals surface area contributed by atoms with Crippen LogP contribution in [0, 0.1) is 0 Å². The first-order valence-corrected chi connectivity index (χ1v) is 11.7. The molecule has 0 unspecified atom stereocenters. The Labute approximate surface area is 207 Å². The summed E-state index contributed by atoms with van der Waals surface area (Å²) >= 11 is 0. The molecule has 1 N–H and O–H groups in total. The first kappa shape index (κ1) is 27.4. The molecule has 0 atom stereocenters. The molecule has 1 aromatic heterocycles. The predicted molar refractivity (Wildman–Crippen MR) is 115 cm³/mol. The van der Waals surface area contributed by atoms with Crippen molar-refractivity contribution in [2.75, 3.05) is 0 Å². The highest BCUT2D eigenvalue weighted by Gasteiger charge is 2.71. The maximum Gasteiger partial charge on any atom is 0.430 e. The summed E-state index contributed by atoms with van der Waals surface area (Å²) in [7, 11) is -4.99. The van der Waals surface area contributed by atoms with Crippen molar-refractivity contribution in [2.24, 2.45) is 0 Å². The van der Waals surface area contributed by atoms with Crippen molar-refractivity contribution in [3.05, 3.63) is 83.9 Å². The molecule has 0 aliphatic rings. The average molecular weight is 568 g/mol. The second kappa shape index (κ2) is 8.73. The zero-order valence-corrected chi connectivity index (χ0v) is 19.2. The average Bonchev–Trinajstić information content (AvgIpc) is 3.22. The van der Waals surface area contributed by atoms with Crippen molar-refractivity contribution in [1.29, 1.82) is 0 Å². The van der Waals surface area contributed by atoms with Crippen molar-refractivity contribution < 1.29 is 53.0 Å². The van der Waals surface area contributed by atoms with Crippen molar-refractivity contribution in [3.63, 3.8) is 0 Å². The van der Waals surface area contributed by atoms with E-state index in [9.17, 15) is 53.0 Å². The highest BCUT2D eigenvalue weighted by Crippen LogP contribution is 2.50. The highest BCUT2D eigenvalue weighted by atomic mass is 32.2. The number of benzene rings is 3. The van der Waals surface area contributed by atoms with Crippen LogP contribution in [0.25, 0.3) is 22.2 Å². The van der Waals surface area contributed by atoms with Gasteiger partial charge in [0.1, 0.15) is 10.6 Å². The van der Waals surface area contributed by atoms with Gasteiger partial charge < -0.3 is 5.11 Å². The lowest BCUT2D eigenvalue weighted by molar-refractivity contribution is -0.376. The fraction of sp³-hybridized carbons (Fsp3) is 0.174. The zero-order valence-electron chi connectivity index (χ0n) is 18.4. The fourth-order valence-electron chi connectivity index (χ4n) is 3.81. The Balaban J connectivity index is 1.90.